The number of hydrogen-bond donors (Lipinski definition) is 2. The fourth-order valence-corrected chi connectivity index (χ4v) is 1.87. The average Bonchev–Trinajstić information content (AvgIpc) is 2.55. The summed E-state index contributed by atoms with van der Waals surface area (Å²) in [4.78, 5) is 23.4. The van der Waals surface area contributed by atoms with Crippen LogP contribution in [0.25, 0.3) is 0 Å². The van der Waals surface area contributed by atoms with Crippen molar-refractivity contribution in [3.8, 4) is 11.5 Å². The van der Waals surface area contributed by atoms with Crippen molar-refractivity contribution in [2.45, 2.75) is 52.6 Å². The molecular formula is C17H26N2O4. The lowest BCUT2D eigenvalue weighted by atomic mass is 10.2. The van der Waals surface area contributed by atoms with Crippen LogP contribution in [0.2, 0.25) is 0 Å². The molecule has 0 aromatic heterocycles. The van der Waals surface area contributed by atoms with E-state index in [9.17, 15) is 9.59 Å². The van der Waals surface area contributed by atoms with E-state index in [-0.39, 0.29) is 5.91 Å². The third kappa shape index (κ3) is 7.54. The maximum Gasteiger partial charge on any atom is 0.279 e. The molecule has 0 aliphatic carbocycles. The van der Waals surface area contributed by atoms with Gasteiger partial charge in [-0.15, -0.1) is 0 Å². The molecule has 0 bridgehead atoms. The molecule has 1 aromatic carbocycles. The van der Waals surface area contributed by atoms with Gasteiger partial charge in [-0.3, -0.25) is 20.4 Å². The molecule has 0 spiro atoms. The number of amides is 2. The van der Waals surface area contributed by atoms with Gasteiger partial charge in [0.2, 0.25) is 5.91 Å². The number of nitrogens with one attached hydrogen (secondary N) is 2. The maximum absolute atomic E-state index is 11.9. The van der Waals surface area contributed by atoms with Crippen molar-refractivity contribution >= 4 is 11.8 Å². The predicted octanol–water partition coefficient (Wildman–Crippen LogP) is 2.58. The largest absolute Gasteiger partial charge is 0.494 e. The Morgan fingerprint density at radius 2 is 1.70 bits per heavy atom. The number of unbranched alkanes of at least 4 members (excludes halogenated alkanes) is 2. The number of carbonyl (C=O) groups is 2. The number of rotatable bonds is 9. The first-order valence-electron chi connectivity index (χ1n) is 8.05. The van der Waals surface area contributed by atoms with E-state index in [0.717, 1.165) is 25.0 Å². The molecule has 6 heteroatoms. The lowest BCUT2D eigenvalue weighted by Gasteiger charge is -2.15. The quantitative estimate of drug-likeness (QED) is 0.541. The van der Waals surface area contributed by atoms with Gasteiger partial charge in [0.05, 0.1) is 6.61 Å². The fraction of sp³-hybridized carbons (Fsp3) is 0.529. The average molecular weight is 322 g/mol. The van der Waals surface area contributed by atoms with Crippen molar-refractivity contribution < 1.29 is 19.1 Å². The van der Waals surface area contributed by atoms with Gasteiger partial charge in [0.15, 0.2) is 6.10 Å². The lowest BCUT2D eigenvalue weighted by Crippen LogP contribution is -2.47. The van der Waals surface area contributed by atoms with Crippen molar-refractivity contribution in [1.82, 2.24) is 10.9 Å². The molecule has 0 radical (unpaired) electrons. The third-order valence-corrected chi connectivity index (χ3v) is 3.15. The minimum absolute atomic E-state index is 0.194. The molecule has 0 heterocycles. The summed E-state index contributed by atoms with van der Waals surface area (Å²) in [6.07, 6.45) is 2.55. The van der Waals surface area contributed by atoms with Crippen LogP contribution < -0.4 is 20.3 Å². The Kier molecular flexibility index (Phi) is 8.57. The molecule has 1 atom stereocenters. The topological polar surface area (TPSA) is 76.7 Å². The van der Waals surface area contributed by atoms with Gasteiger partial charge < -0.3 is 9.47 Å². The normalized spacial score (nSPS) is 11.4. The van der Waals surface area contributed by atoms with Crippen molar-refractivity contribution in [3.05, 3.63) is 24.3 Å². The van der Waals surface area contributed by atoms with Gasteiger partial charge in [-0.1, -0.05) is 19.8 Å². The zero-order valence-electron chi connectivity index (χ0n) is 14.1. The molecule has 0 saturated carbocycles. The van der Waals surface area contributed by atoms with Crippen LogP contribution in [0, 0.1) is 0 Å². The van der Waals surface area contributed by atoms with Crippen LogP contribution in [-0.4, -0.2) is 24.5 Å². The summed E-state index contributed by atoms with van der Waals surface area (Å²) in [5, 5.41) is 0. The van der Waals surface area contributed by atoms with Crippen molar-refractivity contribution in [2.24, 2.45) is 0 Å². The number of hydrogen-bond acceptors (Lipinski definition) is 4. The predicted molar refractivity (Wildman–Crippen MR) is 88.1 cm³/mol. The van der Waals surface area contributed by atoms with Gasteiger partial charge >= 0.3 is 0 Å². The minimum atomic E-state index is -0.719. The molecule has 23 heavy (non-hydrogen) atoms. The van der Waals surface area contributed by atoms with E-state index in [2.05, 4.69) is 17.8 Å². The van der Waals surface area contributed by atoms with E-state index in [1.54, 1.807) is 31.2 Å². The molecule has 2 N–H and O–H groups in total. The van der Waals surface area contributed by atoms with Crippen LogP contribution in [0.5, 0.6) is 11.5 Å². The Morgan fingerprint density at radius 3 is 2.30 bits per heavy atom. The van der Waals surface area contributed by atoms with Crippen molar-refractivity contribution in [3.63, 3.8) is 0 Å². The maximum atomic E-state index is 11.9. The van der Waals surface area contributed by atoms with Crippen LogP contribution in [-0.2, 0) is 9.59 Å². The standard InChI is InChI=1S/C17H26N2O4/c1-4-6-7-8-16(20)18-19-17(21)13(3)23-15-11-9-14(10-12-15)22-5-2/h9-13H,4-8H2,1-3H3,(H,18,20)(H,19,21)/t13-/m0/s1. The van der Waals surface area contributed by atoms with Gasteiger partial charge in [0.1, 0.15) is 11.5 Å². The van der Waals surface area contributed by atoms with Crippen LogP contribution in [0.3, 0.4) is 0 Å². The lowest BCUT2D eigenvalue weighted by molar-refractivity contribution is -0.132. The highest BCUT2D eigenvalue weighted by Gasteiger charge is 2.15. The van der Waals surface area contributed by atoms with Crippen molar-refractivity contribution in [2.75, 3.05) is 6.61 Å². The monoisotopic (exact) mass is 322 g/mol. The first-order valence-corrected chi connectivity index (χ1v) is 8.05. The highest BCUT2D eigenvalue weighted by atomic mass is 16.5. The van der Waals surface area contributed by atoms with Crippen LogP contribution in [0.1, 0.15) is 46.5 Å². The zero-order chi connectivity index (χ0) is 17.1. The summed E-state index contributed by atoms with van der Waals surface area (Å²) >= 11 is 0. The summed E-state index contributed by atoms with van der Waals surface area (Å²) in [5.41, 5.74) is 4.77. The fourth-order valence-electron chi connectivity index (χ4n) is 1.87. The van der Waals surface area contributed by atoms with Gasteiger partial charge in [0.25, 0.3) is 5.91 Å². The smallest absolute Gasteiger partial charge is 0.279 e. The molecule has 1 rings (SSSR count). The van der Waals surface area contributed by atoms with E-state index in [0.29, 0.717) is 18.8 Å². The van der Waals surface area contributed by atoms with E-state index < -0.39 is 12.0 Å². The molecule has 0 saturated heterocycles. The van der Waals surface area contributed by atoms with Crippen molar-refractivity contribution in [1.29, 1.82) is 0 Å². The summed E-state index contributed by atoms with van der Waals surface area (Å²) < 4.78 is 10.9. The molecule has 0 aliphatic heterocycles. The van der Waals surface area contributed by atoms with E-state index in [4.69, 9.17) is 9.47 Å². The molecule has 0 fully saturated rings. The second kappa shape index (κ2) is 10.5. The first-order chi connectivity index (χ1) is 11.1. The van der Waals surface area contributed by atoms with E-state index in [1.165, 1.54) is 0 Å². The second-order valence-electron chi connectivity index (χ2n) is 5.16. The number of ether oxygens (including phenoxy) is 2. The third-order valence-electron chi connectivity index (χ3n) is 3.15. The number of carbonyl (C=O) groups excluding carboxylic acids is 2. The molecule has 0 aliphatic rings. The Labute approximate surface area is 137 Å². The highest BCUT2D eigenvalue weighted by molar-refractivity contribution is 5.84. The first kappa shape index (κ1) is 18.8. The molecule has 6 nitrogen and oxygen atoms in total. The van der Waals surface area contributed by atoms with E-state index >= 15 is 0 Å². The molecule has 128 valence electrons. The molecule has 1 aromatic rings. The summed E-state index contributed by atoms with van der Waals surface area (Å²) in [6.45, 7) is 6.19. The zero-order valence-corrected chi connectivity index (χ0v) is 14.1. The van der Waals surface area contributed by atoms with Gasteiger partial charge in [-0.05, 0) is 44.5 Å². The summed E-state index contributed by atoms with van der Waals surface area (Å²) in [6, 6.07) is 7.02. The number of benzene rings is 1. The molecule has 2 amide bonds. The Morgan fingerprint density at radius 1 is 1.04 bits per heavy atom. The SMILES string of the molecule is CCCCCC(=O)NNC(=O)[C@H](C)Oc1ccc(OCC)cc1. The minimum Gasteiger partial charge on any atom is -0.494 e. The molecule has 0 unspecified atom stereocenters. The van der Waals surface area contributed by atoms with Crippen LogP contribution in [0.15, 0.2) is 24.3 Å². The summed E-state index contributed by atoms with van der Waals surface area (Å²) in [5.74, 6) is 0.712. The Hall–Kier alpha value is -2.24. The Balaban J connectivity index is 2.34. The van der Waals surface area contributed by atoms with Gasteiger partial charge in [0, 0.05) is 6.42 Å². The highest BCUT2D eigenvalue weighted by Crippen LogP contribution is 2.18. The van der Waals surface area contributed by atoms with Crippen LogP contribution >= 0.6 is 0 Å². The van der Waals surface area contributed by atoms with Gasteiger partial charge in [-0.25, -0.2) is 0 Å². The Bertz CT molecular complexity index is 488. The van der Waals surface area contributed by atoms with Crippen LogP contribution in [0.4, 0.5) is 0 Å². The van der Waals surface area contributed by atoms with Gasteiger partial charge in [-0.2, -0.15) is 0 Å². The van der Waals surface area contributed by atoms with E-state index in [1.807, 2.05) is 6.92 Å². The summed E-state index contributed by atoms with van der Waals surface area (Å²) in [7, 11) is 0. The number of hydrazine groups is 1. The second-order valence-corrected chi connectivity index (χ2v) is 5.16. The molecular weight excluding hydrogens is 296 g/mol.